The maximum absolute atomic E-state index is 12.9. The molecule has 3 rings (SSSR count). The lowest BCUT2D eigenvalue weighted by Gasteiger charge is -2.30. The molecule has 1 aromatic carbocycles. The Morgan fingerprint density at radius 3 is 2.95 bits per heavy atom. The fraction of sp³-hybridized carbons (Fsp3) is 0.562. The molecule has 1 amide bonds. The van der Waals surface area contributed by atoms with E-state index in [-0.39, 0.29) is 5.91 Å². The average Bonchev–Trinajstić information content (AvgIpc) is 3.10. The lowest BCUT2D eigenvalue weighted by atomic mass is 10.0. The first-order chi connectivity index (χ1) is 9.66. The molecule has 0 radical (unpaired) electrons. The van der Waals surface area contributed by atoms with E-state index in [0.29, 0.717) is 12.1 Å². The van der Waals surface area contributed by atoms with E-state index in [2.05, 4.69) is 26.1 Å². The molecule has 0 saturated carbocycles. The minimum Gasteiger partial charge on any atom is -0.334 e. The van der Waals surface area contributed by atoms with Gasteiger partial charge in [0.25, 0.3) is 5.91 Å². The van der Waals surface area contributed by atoms with Gasteiger partial charge in [0.1, 0.15) is 0 Å². The molecule has 0 bridgehead atoms. The monoisotopic (exact) mass is 336 g/mol. The van der Waals surface area contributed by atoms with Crippen molar-refractivity contribution in [2.45, 2.75) is 44.7 Å². The summed E-state index contributed by atoms with van der Waals surface area (Å²) in [6.45, 7) is 4.01. The Hall–Kier alpha value is -0.870. The van der Waals surface area contributed by atoms with Crippen molar-refractivity contribution in [2.75, 3.05) is 13.1 Å². The molecule has 0 aliphatic carbocycles. The summed E-state index contributed by atoms with van der Waals surface area (Å²) in [4.78, 5) is 15.0. The van der Waals surface area contributed by atoms with Gasteiger partial charge < -0.3 is 10.2 Å². The summed E-state index contributed by atoms with van der Waals surface area (Å²) in [6, 6.07) is 6.83. The van der Waals surface area contributed by atoms with Crippen LogP contribution in [0.2, 0.25) is 0 Å². The van der Waals surface area contributed by atoms with Gasteiger partial charge in [0.05, 0.1) is 0 Å². The molecule has 2 aliphatic heterocycles. The number of aryl methyl sites for hydroxylation is 1. The molecule has 0 aromatic heterocycles. The lowest BCUT2D eigenvalue weighted by Crippen LogP contribution is -2.46. The van der Waals surface area contributed by atoms with Gasteiger partial charge in [-0.15, -0.1) is 0 Å². The number of nitrogens with zero attached hydrogens (tertiary/aromatic N) is 1. The topological polar surface area (TPSA) is 32.3 Å². The van der Waals surface area contributed by atoms with Crippen LogP contribution in [0, 0.1) is 6.92 Å². The molecule has 3 nitrogen and oxygen atoms in total. The van der Waals surface area contributed by atoms with Gasteiger partial charge in [-0.1, -0.05) is 22.0 Å². The van der Waals surface area contributed by atoms with Crippen molar-refractivity contribution in [1.82, 2.24) is 10.2 Å². The van der Waals surface area contributed by atoms with Gasteiger partial charge in [-0.25, -0.2) is 0 Å². The quantitative estimate of drug-likeness (QED) is 0.899. The SMILES string of the molecule is Cc1ccc(Br)cc1C(=O)N1CCCC1C1CCCN1. The fourth-order valence-electron chi connectivity index (χ4n) is 3.48. The molecule has 2 heterocycles. The van der Waals surface area contributed by atoms with Gasteiger partial charge in [0.15, 0.2) is 0 Å². The lowest BCUT2D eigenvalue weighted by molar-refractivity contribution is 0.0710. The van der Waals surface area contributed by atoms with Crippen molar-refractivity contribution in [2.24, 2.45) is 0 Å². The van der Waals surface area contributed by atoms with Gasteiger partial charge in [0.2, 0.25) is 0 Å². The first-order valence-electron chi connectivity index (χ1n) is 7.47. The van der Waals surface area contributed by atoms with E-state index in [0.717, 1.165) is 41.5 Å². The Morgan fingerprint density at radius 1 is 1.35 bits per heavy atom. The second-order valence-corrected chi connectivity index (χ2v) is 6.79. The van der Waals surface area contributed by atoms with Gasteiger partial charge in [-0.05, 0) is 56.8 Å². The Labute approximate surface area is 128 Å². The van der Waals surface area contributed by atoms with E-state index in [1.54, 1.807) is 0 Å². The molecule has 20 heavy (non-hydrogen) atoms. The first-order valence-corrected chi connectivity index (χ1v) is 8.26. The molecule has 2 unspecified atom stereocenters. The van der Waals surface area contributed by atoms with Crippen molar-refractivity contribution in [3.05, 3.63) is 33.8 Å². The maximum atomic E-state index is 12.9. The number of amides is 1. The Balaban J connectivity index is 1.83. The number of hydrogen-bond acceptors (Lipinski definition) is 2. The van der Waals surface area contributed by atoms with Crippen LogP contribution >= 0.6 is 15.9 Å². The average molecular weight is 337 g/mol. The van der Waals surface area contributed by atoms with Crippen molar-refractivity contribution in [3.8, 4) is 0 Å². The number of benzene rings is 1. The third-order valence-corrected chi connectivity index (χ3v) is 5.05. The van der Waals surface area contributed by atoms with E-state index >= 15 is 0 Å². The Bertz CT molecular complexity index is 511. The zero-order valence-electron chi connectivity index (χ0n) is 11.9. The van der Waals surface area contributed by atoms with Crippen LogP contribution in [-0.2, 0) is 0 Å². The number of carbonyl (C=O) groups is 1. The summed E-state index contributed by atoms with van der Waals surface area (Å²) in [6.07, 6.45) is 4.70. The van der Waals surface area contributed by atoms with Crippen molar-refractivity contribution in [3.63, 3.8) is 0 Å². The molecule has 0 spiro atoms. The molecular weight excluding hydrogens is 316 g/mol. The van der Waals surface area contributed by atoms with Crippen LogP contribution in [0.3, 0.4) is 0 Å². The number of hydrogen-bond donors (Lipinski definition) is 1. The van der Waals surface area contributed by atoms with Crippen molar-refractivity contribution >= 4 is 21.8 Å². The second-order valence-electron chi connectivity index (χ2n) is 5.87. The van der Waals surface area contributed by atoms with Crippen LogP contribution in [0.15, 0.2) is 22.7 Å². The van der Waals surface area contributed by atoms with E-state index in [9.17, 15) is 4.79 Å². The molecule has 2 atom stereocenters. The summed E-state index contributed by atoms with van der Waals surface area (Å²) in [7, 11) is 0. The number of nitrogens with one attached hydrogen (secondary N) is 1. The summed E-state index contributed by atoms with van der Waals surface area (Å²) in [5, 5.41) is 3.56. The third-order valence-electron chi connectivity index (χ3n) is 4.55. The van der Waals surface area contributed by atoms with Crippen LogP contribution in [0.25, 0.3) is 0 Å². The molecule has 4 heteroatoms. The highest BCUT2D eigenvalue weighted by Gasteiger charge is 2.36. The van der Waals surface area contributed by atoms with E-state index in [1.165, 1.54) is 12.8 Å². The predicted molar refractivity (Wildman–Crippen MR) is 84.0 cm³/mol. The van der Waals surface area contributed by atoms with Crippen LogP contribution in [0.1, 0.15) is 41.6 Å². The zero-order chi connectivity index (χ0) is 14.1. The van der Waals surface area contributed by atoms with E-state index < -0.39 is 0 Å². The van der Waals surface area contributed by atoms with Crippen LogP contribution < -0.4 is 5.32 Å². The summed E-state index contributed by atoms with van der Waals surface area (Å²) in [5.74, 6) is 0.194. The summed E-state index contributed by atoms with van der Waals surface area (Å²) in [5.41, 5.74) is 1.90. The largest absolute Gasteiger partial charge is 0.334 e. The summed E-state index contributed by atoms with van der Waals surface area (Å²) < 4.78 is 0.973. The number of carbonyl (C=O) groups excluding carboxylic acids is 1. The number of halogens is 1. The van der Waals surface area contributed by atoms with E-state index in [1.807, 2.05) is 25.1 Å². The molecule has 1 N–H and O–H groups in total. The highest BCUT2D eigenvalue weighted by Crippen LogP contribution is 2.28. The summed E-state index contributed by atoms with van der Waals surface area (Å²) >= 11 is 3.47. The molecule has 1 aromatic rings. The normalized spacial score (nSPS) is 26.2. The van der Waals surface area contributed by atoms with Gasteiger partial charge in [-0.3, -0.25) is 4.79 Å². The van der Waals surface area contributed by atoms with Gasteiger partial charge >= 0.3 is 0 Å². The van der Waals surface area contributed by atoms with Crippen LogP contribution in [0.4, 0.5) is 0 Å². The Kier molecular flexibility index (Phi) is 4.13. The number of rotatable bonds is 2. The van der Waals surface area contributed by atoms with Crippen molar-refractivity contribution < 1.29 is 4.79 Å². The molecule has 2 fully saturated rings. The minimum absolute atomic E-state index is 0.194. The Morgan fingerprint density at radius 2 is 2.20 bits per heavy atom. The van der Waals surface area contributed by atoms with Crippen molar-refractivity contribution in [1.29, 1.82) is 0 Å². The minimum atomic E-state index is 0.194. The van der Waals surface area contributed by atoms with Crippen LogP contribution in [-0.4, -0.2) is 36.0 Å². The predicted octanol–water partition coefficient (Wildman–Crippen LogP) is 3.11. The van der Waals surface area contributed by atoms with Gasteiger partial charge in [-0.2, -0.15) is 0 Å². The van der Waals surface area contributed by atoms with Crippen LogP contribution in [0.5, 0.6) is 0 Å². The standard InChI is InChI=1S/C16H21BrN2O/c1-11-6-7-12(17)10-13(11)16(20)19-9-3-5-15(19)14-4-2-8-18-14/h6-7,10,14-15,18H,2-5,8-9H2,1H3. The fourth-order valence-corrected chi connectivity index (χ4v) is 3.84. The zero-order valence-corrected chi connectivity index (χ0v) is 13.4. The smallest absolute Gasteiger partial charge is 0.254 e. The van der Waals surface area contributed by atoms with Gasteiger partial charge in [0, 0.05) is 28.7 Å². The highest BCUT2D eigenvalue weighted by molar-refractivity contribution is 9.10. The molecule has 2 saturated heterocycles. The highest BCUT2D eigenvalue weighted by atomic mass is 79.9. The third kappa shape index (κ3) is 2.63. The van der Waals surface area contributed by atoms with E-state index in [4.69, 9.17) is 0 Å². The molecular formula is C16H21BrN2O. The maximum Gasteiger partial charge on any atom is 0.254 e. The number of likely N-dealkylation sites (tertiary alicyclic amines) is 1. The molecule has 2 aliphatic rings. The molecule has 108 valence electrons. The second kappa shape index (κ2) is 5.86. The first kappa shape index (κ1) is 14.1.